The second-order valence-electron chi connectivity index (χ2n) is 5.06. The molecule has 2 heterocycles. The van der Waals surface area contributed by atoms with Crippen molar-refractivity contribution in [2.75, 3.05) is 26.4 Å². The Bertz CT molecular complexity index is 641. The summed E-state index contributed by atoms with van der Waals surface area (Å²) in [7, 11) is 9.63. The predicted octanol–water partition coefficient (Wildman–Crippen LogP) is 4.54. The number of hydrogen-bond acceptors (Lipinski definition) is 8. The average Bonchev–Trinajstić information content (AvgIpc) is 2.69. The molecule has 0 atom stereocenters. The third-order valence-corrected chi connectivity index (χ3v) is 2.92. The Morgan fingerprint density at radius 2 is 1.00 bits per heavy atom. The van der Waals surface area contributed by atoms with E-state index in [1.165, 1.54) is 0 Å². The molecule has 11 heteroatoms. The van der Waals surface area contributed by atoms with Crippen molar-refractivity contribution < 1.29 is 34.9 Å². The van der Waals surface area contributed by atoms with E-state index in [9.17, 15) is 0 Å². The minimum absolute atomic E-state index is 0.106. The number of nitrogens with zero attached hydrogens (tertiary/aromatic N) is 4. The monoisotopic (exact) mass is 540 g/mol. The van der Waals surface area contributed by atoms with Gasteiger partial charge >= 0.3 is 47.0 Å². The van der Waals surface area contributed by atoms with Crippen LogP contribution >= 0.6 is 19.1 Å². The summed E-state index contributed by atoms with van der Waals surface area (Å²) >= 11 is -0.106. The first-order valence-electron chi connectivity index (χ1n) is 8.97. The van der Waals surface area contributed by atoms with Crippen molar-refractivity contribution in [2.24, 2.45) is 0 Å². The summed E-state index contributed by atoms with van der Waals surface area (Å²) < 4.78 is 20.9. The van der Waals surface area contributed by atoms with E-state index in [0.717, 1.165) is 11.1 Å². The van der Waals surface area contributed by atoms with Crippen LogP contribution in [0.2, 0.25) is 0 Å². The van der Waals surface area contributed by atoms with Crippen LogP contribution in [0.4, 0.5) is 0 Å². The minimum atomic E-state index is -0.106. The Morgan fingerprint density at radius 3 is 1.28 bits per heavy atom. The molecule has 0 radical (unpaired) electrons. The molecule has 29 heavy (non-hydrogen) atoms. The zero-order valence-electron chi connectivity index (χ0n) is 17.5. The molecule has 0 aliphatic heterocycles. The molecule has 0 amide bonds. The van der Waals surface area contributed by atoms with Crippen molar-refractivity contribution in [1.82, 2.24) is 19.9 Å². The fraction of sp³-hybridized carbons (Fsp3) is 0.556. The number of hydrogen-bond donors (Lipinski definition) is 0. The van der Waals surface area contributed by atoms with E-state index in [-0.39, 0.29) is 15.9 Å². The van der Waals surface area contributed by atoms with Crippen molar-refractivity contribution in [3.63, 3.8) is 0 Å². The van der Waals surface area contributed by atoms with E-state index < -0.39 is 0 Å². The van der Waals surface area contributed by atoms with Crippen LogP contribution in [0.3, 0.4) is 0 Å². The van der Waals surface area contributed by atoms with Gasteiger partial charge in [-0.05, 0) is 41.5 Å². The Hall–Kier alpha value is -1.40. The van der Waals surface area contributed by atoms with E-state index in [0.29, 0.717) is 50.2 Å². The summed E-state index contributed by atoms with van der Waals surface area (Å²) in [6, 6.07) is 0.744. The zero-order valence-corrected chi connectivity index (χ0v) is 20.5. The van der Waals surface area contributed by atoms with Crippen LogP contribution in [0.15, 0.2) is 12.4 Å². The molecule has 0 aromatic carbocycles. The number of aryl methyl sites for hydroxylation is 2. The van der Waals surface area contributed by atoms with Gasteiger partial charge in [-0.1, -0.05) is 0 Å². The van der Waals surface area contributed by atoms with Crippen molar-refractivity contribution in [1.29, 1.82) is 0 Å². The molecule has 168 valence electrons. The van der Waals surface area contributed by atoms with E-state index in [1.807, 2.05) is 41.5 Å². The van der Waals surface area contributed by atoms with Gasteiger partial charge in [-0.25, -0.2) is 9.97 Å². The van der Waals surface area contributed by atoms with Crippen LogP contribution < -0.4 is 18.9 Å². The van der Waals surface area contributed by atoms with Crippen LogP contribution in [-0.2, 0) is 15.9 Å². The molecule has 0 aliphatic carbocycles. The number of aromatic nitrogens is 4. The average molecular weight is 542 g/mol. The second kappa shape index (κ2) is 17.5. The number of rotatable bonds is 8. The molecular weight excluding hydrogens is 514 g/mol. The van der Waals surface area contributed by atoms with Crippen LogP contribution in [0, 0.1) is 13.8 Å². The quantitative estimate of drug-likeness (QED) is 0.450. The van der Waals surface area contributed by atoms with Crippen LogP contribution in [0.5, 0.6) is 23.8 Å². The van der Waals surface area contributed by atoms with E-state index >= 15 is 0 Å². The molecule has 0 fully saturated rings. The van der Waals surface area contributed by atoms with Gasteiger partial charge < -0.3 is 18.9 Å². The van der Waals surface area contributed by atoms with Crippen LogP contribution in [0.25, 0.3) is 0 Å². The summed E-state index contributed by atoms with van der Waals surface area (Å²) in [6.07, 6.45) is 3.39. The molecule has 2 aromatic heterocycles. The summed E-state index contributed by atoms with van der Waals surface area (Å²) in [6.45, 7) is 13.8. The molecule has 0 spiro atoms. The van der Waals surface area contributed by atoms with Gasteiger partial charge in [0.15, 0.2) is 0 Å². The van der Waals surface area contributed by atoms with E-state index in [2.05, 4.69) is 19.9 Å². The van der Waals surface area contributed by atoms with Gasteiger partial charge in [0.1, 0.15) is 0 Å². The van der Waals surface area contributed by atoms with E-state index in [1.54, 1.807) is 12.4 Å². The molecule has 8 nitrogen and oxygen atoms in total. The molecule has 0 saturated heterocycles. The fourth-order valence-corrected chi connectivity index (χ4v) is 1.79. The van der Waals surface area contributed by atoms with Crippen molar-refractivity contribution in [2.45, 2.75) is 41.5 Å². The summed E-state index contributed by atoms with van der Waals surface area (Å²) in [4.78, 5) is 16.2. The van der Waals surface area contributed by atoms with Crippen molar-refractivity contribution in [3.8, 4) is 23.8 Å². The topological polar surface area (TPSA) is 88.5 Å². The first-order valence-corrected chi connectivity index (χ1v) is 13.0. The number of halogens is 2. The maximum absolute atomic E-state index is 5.29. The first kappa shape index (κ1) is 27.6. The van der Waals surface area contributed by atoms with E-state index in [4.69, 9.17) is 38.0 Å². The molecule has 0 aliphatic rings. The van der Waals surface area contributed by atoms with Crippen molar-refractivity contribution in [3.05, 3.63) is 23.5 Å². The number of ether oxygens (including phenoxy) is 4. The summed E-state index contributed by atoms with van der Waals surface area (Å²) in [5, 5.41) is 0. The Kier molecular flexibility index (Phi) is 16.6. The molecule has 0 unspecified atom stereocenters. The molecule has 2 rings (SSSR count). The molecule has 0 N–H and O–H groups in total. The summed E-state index contributed by atoms with van der Waals surface area (Å²) in [5.41, 5.74) is 1.84. The van der Waals surface area contributed by atoms with Crippen molar-refractivity contribution >= 4 is 19.1 Å². The Labute approximate surface area is 188 Å². The normalized spacial score (nSPS) is 9.52. The summed E-state index contributed by atoms with van der Waals surface area (Å²) in [5.74, 6) is 1.20. The van der Waals surface area contributed by atoms with Gasteiger partial charge in [-0.3, -0.25) is 0 Å². The molecule has 2 aromatic rings. The standard InChI is InChI=1S/2C9H14N2O2.2ClH.Pd/c2*1-4-12-8-7(3)6-10-9(11-8)13-5-2;;;/h2*6H,4-5H2,1-3H3;2*1H;/q;;;;+2/p-2. The zero-order chi connectivity index (χ0) is 22.1. The Morgan fingerprint density at radius 1 is 0.690 bits per heavy atom. The third-order valence-electron chi connectivity index (χ3n) is 2.92. The Balaban J connectivity index is 0.000000477. The molecular formula is C18H28Cl2N4O4Pd. The van der Waals surface area contributed by atoms with Gasteiger partial charge in [0.2, 0.25) is 11.8 Å². The van der Waals surface area contributed by atoms with Gasteiger partial charge in [0, 0.05) is 23.5 Å². The second-order valence-corrected chi connectivity index (χ2v) is 7.42. The fourth-order valence-electron chi connectivity index (χ4n) is 1.79. The molecule has 0 saturated carbocycles. The maximum atomic E-state index is 5.29. The van der Waals surface area contributed by atoms with Gasteiger partial charge in [-0.15, -0.1) is 0 Å². The van der Waals surface area contributed by atoms with Gasteiger partial charge in [0.25, 0.3) is 0 Å². The predicted molar refractivity (Wildman–Crippen MR) is 110 cm³/mol. The SMILES string of the molecule is CCOc1ncc(C)c(OCC)n1.CCOc1ncc(C)c(OCC)n1.[Cl][Pd][Cl]. The van der Waals surface area contributed by atoms with Gasteiger partial charge in [0.05, 0.1) is 26.4 Å². The van der Waals surface area contributed by atoms with Crippen LogP contribution in [-0.4, -0.2) is 46.4 Å². The van der Waals surface area contributed by atoms with Gasteiger partial charge in [-0.2, -0.15) is 9.97 Å². The van der Waals surface area contributed by atoms with Crippen LogP contribution in [0.1, 0.15) is 38.8 Å². The molecule has 0 bridgehead atoms. The first-order chi connectivity index (χ1) is 14.0. The third kappa shape index (κ3) is 12.0.